The molecule has 0 saturated carbocycles. The van der Waals surface area contributed by atoms with E-state index in [0.29, 0.717) is 11.1 Å². The van der Waals surface area contributed by atoms with Crippen molar-refractivity contribution in [2.45, 2.75) is 12.7 Å². The average molecular weight is 269 g/mol. The highest BCUT2D eigenvalue weighted by atomic mass is 19.4. The van der Waals surface area contributed by atoms with Crippen LogP contribution in [0.5, 0.6) is 0 Å². The molecule has 0 aliphatic rings. The molecule has 0 aromatic heterocycles. The van der Waals surface area contributed by atoms with Crippen molar-refractivity contribution in [3.05, 3.63) is 59.4 Å². The van der Waals surface area contributed by atoms with Gasteiger partial charge in [0.2, 0.25) is 0 Å². The molecule has 0 heterocycles. The number of halogens is 4. The molecule has 2 rings (SSSR count). The van der Waals surface area contributed by atoms with Gasteiger partial charge >= 0.3 is 6.18 Å². The normalized spacial score (nSPS) is 11.6. The molecule has 1 nitrogen and oxygen atoms in total. The fourth-order valence-electron chi connectivity index (χ4n) is 1.83. The minimum Gasteiger partial charge on any atom is -0.326 e. The molecule has 0 aliphatic carbocycles. The SMILES string of the molecule is NCc1ccc(C(F)(F)F)c(-c2ccc(F)cc2)c1. The Morgan fingerprint density at radius 3 is 2.11 bits per heavy atom. The van der Waals surface area contributed by atoms with Crippen LogP contribution in [0, 0.1) is 5.82 Å². The third kappa shape index (κ3) is 2.93. The Labute approximate surface area is 107 Å². The van der Waals surface area contributed by atoms with E-state index in [4.69, 9.17) is 5.73 Å². The van der Waals surface area contributed by atoms with Gasteiger partial charge in [0, 0.05) is 6.54 Å². The molecular weight excluding hydrogens is 258 g/mol. The monoisotopic (exact) mass is 269 g/mol. The van der Waals surface area contributed by atoms with Gasteiger partial charge in [-0.05, 0) is 41.0 Å². The van der Waals surface area contributed by atoms with E-state index < -0.39 is 17.6 Å². The van der Waals surface area contributed by atoms with Gasteiger partial charge in [-0.25, -0.2) is 4.39 Å². The van der Waals surface area contributed by atoms with Crippen LogP contribution in [0.1, 0.15) is 11.1 Å². The van der Waals surface area contributed by atoms with Crippen LogP contribution in [0.15, 0.2) is 42.5 Å². The maximum Gasteiger partial charge on any atom is 0.417 e. The van der Waals surface area contributed by atoms with Crippen LogP contribution in [0.3, 0.4) is 0 Å². The van der Waals surface area contributed by atoms with Gasteiger partial charge < -0.3 is 5.73 Å². The van der Waals surface area contributed by atoms with Crippen LogP contribution in [-0.2, 0) is 12.7 Å². The molecule has 2 N–H and O–H groups in total. The predicted octanol–water partition coefficient (Wildman–Crippen LogP) is 3.97. The van der Waals surface area contributed by atoms with Crippen molar-refractivity contribution in [3.63, 3.8) is 0 Å². The van der Waals surface area contributed by atoms with Gasteiger partial charge in [-0.2, -0.15) is 13.2 Å². The summed E-state index contributed by atoms with van der Waals surface area (Å²) < 4.78 is 51.7. The first-order valence-electron chi connectivity index (χ1n) is 5.58. The fraction of sp³-hybridized carbons (Fsp3) is 0.143. The van der Waals surface area contributed by atoms with Crippen LogP contribution in [0.2, 0.25) is 0 Å². The average Bonchev–Trinajstić information content (AvgIpc) is 2.38. The van der Waals surface area contributed by atoms with Gasteiger partial charge in [0.25, 0.3) is 0 Å². The van der Waals surface area contributed by atoms with Gasteiger partial charge in [0.05, 0.1) is 5.56 Å². The van der Waals surface area contributed by atoms with Crippen LogP contribution in [-0.4, -0.2) is 0 Å². The van der Waals surface area contributed by atoms with E-state index in [2.05, 4.69) is 0 Å². The predicted molar refractivity (Wildman–Crippen MR) is 64.7 cm³/mol. The summed E-state index contributed by atoms with van der Waals surface area (Å²) in [6.45, 7) is 0.145. The molecule has 0 atom stereocenters. The highest BCUT2D eigenvalue weighted by Crippen LogP contribution is 2.37. The van der Waals surface area contributed by atoms with Gasteiger partial charge in [0.15, 0.2) is 0 Å². The molecule has 0 saturated heterocycles. The molecule has 0 unspecified atom stereocenters. The molecule has 2 aromatic carbocycles. The second kappa shape index (κ2) is 5.01. The van der Waals surface area contributed by atoms with Gasteiger partial charge in [-0.1, -0.05) is 18.2 Å². The van der Waals surface area contributed by atoms with Crippen molar-refractivity contribution in [3.8, 4) is 11.1 Å². The summed E-state index contributed by atoms with van der Waals surface area (Å²) in [5.74, 6) is -0.493. The first-order chi connectivity index (χ1) is 8.91. The van der Waals surface area contributed by atoms with Crippen molar-refractivity contribution in [1.29, 1.82) is 0 Å². The van der Waals surface area contributed by atoms with Crippen molar-refractivity contribution in [1.82, 2.24) is 0 Å². The van der Waals surface area contributed by atoms with E-state index >= 15 is 0 Å². The minimum absolute atomic E-state index is 0.00968. The third-order valence-electron chi connectivity index (χ3n) is 2.78. The lowest BCUT2D eigenvalue weighted by Crippen LogP contribution is -2.08. The Balaban J connectivity index is 2.61. The quantitative estimate of drug-likeness (QED) is 0.820. The van der Waals surface area contributed by atoms with Crippen molar-refractivity contribution in [2.75, 3.05) is 0 Å². The summed E-state index contributed by atoms with van der Waals surface area (Å²) in [7, 11) is 0. The molecule has 100 valence electrons. The largest absolute Gasteiger partial charge is 0.417 e. The Hall–Kier alpha value is -1.88. The number of benzene rings is 2. The molecule has 2 aromatic rings. The molecule has 0 fully saturated rings. The fourth-order valence-corrected chi connectivity index (χ4v) is 1.83. The van der Waals surface area contributed by atoms with Gasteiger partial charge in [0.1, 0.15) is 5.82 Å². The molecule has 0 radical (unpaired) electrons. The van der Waals surface area contributed by atoms with Crippen LogP contribution in [0.4, 0.5) is 17.6 Å². The zero-order valence-corrected chi connectivity index (χ0v) is 9.84. The Morgan fingerprint density at radius 1 is 0.947 bits per heavy atom. The lowest BCUT2D eigenvalue weighted by atomic mass is 9.97. The molecule has 0 spiro atoms. The van der Waals surface area contributed by atoms with Crippen LogP contribution in [0.25, 0.3) is 11.1 Å². The lowest BCUT2D eigenvalue weighted by molar-refractivity contribution is -0.137. The first-order valence-corrected chi connectivity index (χ1v) is 5.58. The van der Waals surface area contributed by atoms with Gasteiger partial charge in [-0.15, -0.1) is 0 Å². The van der Waals surface area contributed by atoms with Crippen LogP contribution >= 0.6 is 0 Å². The Bertz CT molecular complexity index is 573. The summed E-state index contributed by atoms with van der Waals surface area (Å²) in [5, 5.41) is 0. The highest BCUT2D eigenvalue weighted by Gasteiger charge is 2.33. The van der Waals surface area contributed by atoms with E-state index in [1.165, 1.54) is 24.3 Å². The van der Waals surface area contributed by atoms with Crippen molar-refractivity contribution < 1.29 is 17.6 Å². The second-order valence-electron chi connectivity index (χ2n) is 4.09. The van der Waals surface area contributed by atoms with Crippen molar-refractivity contribution >= 4 is 0 Å². The molecular formula is C14H11F4N. The second-order valence-corrected chi connectivity index (χ2v) is 4.09. The summed E-state index contributed by atoms with van der Waals surface area (Å²) in [4.78, 5) is 0. The summed E-state index contributed by atoms with van der Waals surface area (Å²) >= 11 is 0. The van der Waals surface area contributed by atoms with Crippen LogP contribution < -0.4 is 5.73 Å². The van der Waals surface area contributed by atoms with E-state index in [1.54, 1.807) is 0 Å². The Kier molecular flexibility index (Phi) is 3.57. The number of hydrogen-bond acceptors (Lipinski definition) is 1. The number of rotatable bonds is 2. The molecule has 0 amide bonds. The summed E-state index contributed by atoms with van der Waals surface area (Å²) in [5.41, 5.74) is 5.59. The number of alkyl halides is 3. The summed E-state index contributed by atoms with van der Waals surface area (Å²) in [6, 6.07) is 8.63. The topological polar surface area (TPSA) is 26.0 Å². The molecule has 5 heteroatoms. The van der Waals surface area contributed by atoms with Gasteiger partial charge in [-0.3, -0.25) is 0 Å². The zero-order valence-electron chi connectivity index (χ0n) is 9.84. The van der Waals surface area contributed by atoms with E-state index in [9.17, 15) is 17.6 Å². The molecule has 19 heavy (non-hydrogen) atoms. The van der Waals surface area contributed by atoms with E-state index in [0.717, 1.165) is 18.2 Å². The third-order valence-corrected chi connectivity index (χ3v) is 2.78. The first kappa shape index (κ1) is 13.5. The summed E-state index contributed by atoms with van der Waals surface area (Å²) in [6.07, 6.45) is -4.46. The molecule has 0 aliphatic heterocycles. The minimum atomic E-state index is -4.46. The maximum atomic E-state index is 12.9. The van der Waals surface area contributed by atoms with Crippen molar-refractivity contribution in [2.24, 2.45) is 5.73 Å². The zero-order chi connectivity index (χ0) is 14.0. The Morgan fingerprint density at radius 2 is 1.58 bits per heavy atom. The van der Waals surface area contributed by atoms with E-state index in [1.807, 2.05) is 0 Å². The standard InChI is InChI=1S/C14H11F4N/c15-11-4-2-10(3-5-11)12-7-9(8-19)1-6-13(12)14(16,17)18/h1-7H,8,19H2. The van der Waals surface area contributed by atoms with E-state index in [-0.39, 0.29) is 12.1 Å². The molecule has 0 bridgehead atoms. The maximum absolute atomic E-state index is 12.9. The highest BCUT2D eigenvalue weighted by molar-refractivity contribution is 5.68. The number of hydrogen-bond donors (Lipinski definition) is 1. The lowest BCUT2D eigenvalue weighted by Gasteiger charge is -2.14. The number of nitrogens with two attached hydrogens (primary N) is 1. The smallest absolute Gasteiger partial charge is 0.326 e.